The van der Waals surface area contributed by atoms with Gasteiger partial charge in [0.1, 0.15) is 12.4 Å². The second kappa shape index (κ2) is 12.5. The molecule has 5 N–H and O–H groups in total. The molecule has 10 rings (SSSR count). The lowest BCUT2D eigenvalue weighted by molar-refractivity contribution is -0.161. The fourth-order valence-electron chi connectivity index (χ4n) is 10.2. The number of likely N-dealkylation sites (N-methyl/N-ethyl adjacent to an activating group) is 1. The Hall–Kier alpha value is -4.57. The van der Waals surface area contributed by atoms with Crippen molar-refractivity contribution < 1.29 is 48.6 Å². The molecule has 2 saturated heterocycles. The van der Waals surface area contributed by atoms with Gasteiger partial charge in [-0.15, -0.1) is 11.8 Å². The van der Waals surface area contributed by atoms with Crippen LogP contribution in [-0.4, -0.2) is 102 Å². The molecule has 4 bridgehead atoms. The zero-order valence-electron chi connectivity index (χ0n) is 30.9. The van der Waals surface area contributed by atoms with Gasteiger partial charge in [-0.1, -0.05) is 6.07 Å². The first-order valence-corrected chi connectivity index (χ1v) is 19.2. The average Bonchev–Trinajstić information content (AvgIpc) is 3.63. The maximum atomic E-state index is 14.7. The summed E-state index contributed by atoms with van der Waals surface area (Å²) in [7, 11) is 5.03. The number of esters is 1. The highest BCUT2D eigenvalue weighted by molar-refractivity contribution is 7.99. The van der Waals surface area contributed by atoms with Gasteiger partial charge in [-0.2, -0.15) is 0 Å². The van der Waals surface area contributed by atoms with Gasteiger partial charge in [-0.25, -0.2) is 4.79 Å². The molecule has 1 amide bonds. The molecule has 2 fully saturated rings. The number of amides is 1. The second-order valence-electron chi connectivity index (χ2n) is 15.1. The number of carbonyl (C=O) groups excluding carboxylic acids is 2. The Morgan fingerprint density at radius 3 is 2.54 bits per heavy atom. The van der Waals surface area contributed by atoms with Crippen LogP contribution in [0.15, 0.2) is 18.2 Å². The van der Waals surface area contributed by atoms with Crippen LogP contribution < -0.4 is 29.6 Å². The number of nitrogens with zero attached hydrogens (tertiary/aromatic N) is 2. The summed E-state index contributed by atoms with van der Waals surface area (Å²) in [6, 6.07) is 3.50. The van der Waals surface area contributed by atoms with Crippen molar-refractivity contribution >= 4 is 23.6 Å². The number of benzene rings is 3. The highest BCUT2D eigenvalue weighted by Crippen LogP contribution is 2.64. The Labute approximate surface area is 316 Å². The minimum absolute atomic E-state index is 0.0143. The topological polar surface area (TPSA) is 172 Å². The molecule has 0 saturated carbocycles. The van der Waals surface area contributed by atoms with Crippen LogP contribution in [0.2, 0.25) is 0 Å². The van der Waals surface area contributed by atoms with Gasteiger partial charge >= 0.3 is 5.97 Å². The second-order valence-corrected chi connectivity index (χ2v) is 16.2. The van der Waals surface area contributed by atoms with Crippen molar-refractivity contribution in [3.8, 4) is 40.2 Å². The molecule has 3 aromatic carbocycles. The molecule has 7 atom stereocenters. The molecule has 7 heterocycles. The average molecular weight is 761 g/mol. The molecule has 7 unspecified atom stereocenters. The highest BCUT2D eigenvalue weighted by atomic mass is 32.2. The smallest absolute Gasteiger partial charge is 0.331 e. The van der Waals surface area contributed by atoms with E-state index in [-0.39, 0.29) is 54.1 Å². The van der Waals surface area contributed by atoms with Gasteiger partial charge in [0, 0.05) is 53.6 Å². The predicted molar refractivity (Wildman–Crippen MR) is 197 cm³/mol. The first-order valence-electron chi connectivity index (χ1n) is 18.2. The number of phenolic OH excluding ortho intramolecular Hbond substituents is 3. The predicted octanol–water partition coefficient (Wildman–Crippen LogP) is 3.34. The Morgan fingerprint density at radius 2 is 1.80 bits per heavy atom. The summed E-state index contributed by atoms with van der Waals surface area (Å²) in [5, 5.41) is 41.3. The SMILES string of the molecule is COc1cc2c(cc1O)CCNC21CSC2c3c(O)c(C)c4c(c3C(COC1=O)N1C(NC(C)=O)C3Cc5cc(C)c(OC)c(O)c5C(C21)N3C)OCO4. The van der Waals surface area contributed by atoms with Gasteiger partial charge < -0.3 is 44.3 Å². The highest BCUT2D eigenvalue weighted by Gasteiger charge is 2.61. The van der Waals surface area contributed by atoms with E-state index in [4.69, 9.17) is 23.7 Å². The Morgan fingerprint density at radius 1 is 1.02 bits per heavy atom. The van der Waals surface area contributed by atoms with Crippen LogP contribution in [0.1, 0.15) is 68.8 Å². The number of aromatic hydroxyl groups is 3. The van der Waals surface area contributed by atoms with Crippen LogP contribution in [-0.2, 0) is 32.7 Å². The number of hydrogen-bond acceptors (Lipinski definition) is 14. The fraction of sp³-hybridized carbons (Fsp3) is 0.487. The first kappa shape index (κ1) is 35.2. The van der Waals surface area contributed by atoms with Gasteiger partial charge in [0.25, 0.3) is 0 Å². The molecule has 0 radical (unpaired) electrons. The van der Waals surface area contributed by atoms with Crippen molar-refractivity contribution in [3.63, 3.8) is 0 Å². The van der Waals surface area contributed by atoms with Crippen molar-refractivity contribution in [1.29, 1.82) is 0 Å². The number of aryl methyl sites for hydroxylation is 1. The summed E-state index contributed by atoms with van der Waals surface area (Å²) in [6.07, 6.45) is 0.522. The molecule has 3 aromatic rings. The number of methoxy groups -OCH3 is 2. The number of thioether (sulfide) groups is 1. The number of rotatable bonds is 3. The molecule has 0 aliphatic carbocycles. The third-order valence-corrected chi connectivity index (χ3v) is 13.9. The zero-order chi connectivity index (χ0) is 38.0. The third-order valence-electron chi connectivity index (χ3n) is 12.4. The van der Waals surface area contributed by atoms with Gasteiger partial charge in [0.2, 0.25) is 12.7 Å². The molecular weight excluding hydrogens is 717 g/mol. The van der Waals surface area contributed by atoms with Crippen LogP contribution in [0.4, 0.5) is 0 Å². The van der Waals surface area contributed by atoms with E-state index in [2.05, 4.69) is 26.5 Å². The van der Waals surface area contributed by atoms with E-state index in [0.29, 0.717) is 58.9 Å². The van der Waals surface area contributed by atoms with Gasteiger partial charge in [-0.05, 0) is 68.1 Å². The molecule has 54 heavy (non-hydrogen) atoms. The number of hydrogen-bond donors (Lipinski definition) is 5. The number of carbonyl (C=O) groups is 2. The molecule has 1 spiro atoms. The number of nitrogens with one attached hydrogen (secondary N) is 2. The molecule has 15 heteroatoms. The third kappa shape index (κ3) is 4.70. The molecule has 14 nitrogen and oxygen atoms in total. The van der Waals surface area contributed by atoms with Crippen LogP contribution in [0, 0.1) is 13.8 Å². The van der Waals surface area contributed by atoms with Gasteiger partial charge in [0.05, 0.1) is 37.7 Å². The lowest BCUT2D eigenvalue weighted by Crippen LogP contribution is -2.73. The summed E-state index contributed by atoms with van der Waals surface area (Å²) in [5.41, 5.74) is 4.42. The monoisotopic (exact) mass is 760 g/mol. The Balaban J connectivity index is 1.32. The van der Waals surface area contributed by atoms with E-state index in [1.54, 1.807) is 26.2 Å². The van der Waals surface area contributed by atoms with Gasteiger partial charge in [-0.3, -0.25) is 19.9 Å². The fourth-order valence-corrected chi connectivity index (χ4v) is 11.8. The maximum absolute atomic E-state index is 14.7. The first-order chi connectivity index (χ1) is 25.9. The van der Waals surface area contributed by atoms with E-state index in [0.717, 1.165) is 22.3 Å². The zero-order valence-corrected chi connectivity index (χ0v) is 31.8. The van der Waals surface area contributed by atoms with Crippen molar-refractivity contribution in [1.82, 2.24) is 20.4 Å². The molecule has 286 valence electrons. The van der Waals surface area contributed by atoms with Gasteiger partial charge in [0.15, 0.2) is 40.0 Å². The number of ether oxygens (including phenoxy) is 5. The van der Waals surface area contributed by atoms with E-state index in [1.165, 1.54) is 25.8 Å². The van der Waals surface area contributed by atoms with Crippen molar-refractivity contribution in [3.05, 3.63) is 62.7 Å². The number of fused-ring (bicyclic) bond motifs is 9. The van der Waals surface area contributed by atoms with Crippen molar-refractivity contribution in [2.75, 3.05) is 47.0 Å². The maximum Gasteiger partial charge on any atom is 0.331 e. The Kier molecular flexibility index (Phi) is 8.12. The number of phenols is 3. The standard InChI is InChI=1S/C39H44N4O10S/c1-16-9-20-10-22-37(41-18(3)44)43-23-13-51-38(48)39(21-12-25(49-5)24(45)11-19(21)7-8-40-39)14-54-36(28-27(23)35-34(52-15-53-35)17(2)31(28)46)30(43)29(42(22)4)26(20)32(47)33(16)50-6/h9,11-12,22-23,29-30,36-37,40,45-47H,7-8,10,13-15H2,1-6H3,(H,41,44). The lowest BCUT2D eigenvalue weighted by atomic mass is 9.72. The molecule has 0 aromatic heterocycles. The van der Waals surface area contributed by atoms with Crippen LogP contribution in [0.25, 0.3) is 0 Å². The molecule has 7 aliphatic heterocycles. The van der Waals surface area contributed by atoms with E-state index in [9.17, 15) is 24.9 Å². The minimum Gasteiger partial charge on any atom is -0.507 e. The van der Waals surface area contributed by atoms with Crippen molar-refractivity contribution in [2.24, 2.45) is 0 Å². The van der Waals surface area contributed by atoms with Crippen LogP contribution >= 0.6 is 11.8 Å². The largest absolute Gasteiger partial charge is 0.507 e. The summed E-state index contributed by atoms with van der Waals surface area (Å²) >= 11 is 1.49. The number of piperazine rings is 1. The normalized spacial score (nSPS) is 29.4. The lowest BCUT2D eigenvalue weighted by Gasteiger charge is -2.63. The van der Waals surface area contributed by atoms with Crippen LogP contribution in [0.5, 0.6) is 40.2 Å². The minimum atomic E-state index is -1.34. The van der Waals surface area contributed by atoms with Crippen molar-refractivity contribution in [2.45, 2.75) is 74.7 Å². The summed E-state index contributed by atoms with van der Waals surface area (Å²) in [5.74, 6) is 1.10. The molecular formula is C39H44N4O10S. The summed E-state index contributed by atoms with van der Waals surface area (Å²) in [4.78, 5) is 32.3. The summed E-state index contributed by atoms with van der Waals surface area (Å²) in [6.45, 7) is 5.46. The van der Waals surface area contributed by atoms with E-state index in [1.807, 2.05) is 14.0 Å². The van der Waals surface area contributed by atoms with Crippen LogP contribution in [0.3, 0.4) is 0 Å². The Bertz CT molecular complexity index is 2130. The van der Waals surface area contributed by atoms with E-state index < -0.39 is 41.0 Å². The quantitative estimate of drug-likeness (QED) is 0.246. The molecule has 7 aliphatic rings. The summed E-state index contributed by atoms with van der Waals surface area (Å²) < 4.78 is 29.8. The van der Waals surface area contributed by atoms with E-state index >= 15 is 0 Å².